The number of aromatic nitrogens is 3. The summed E-state index contributed by atoms with van der Waals surface area (Å²) in [6, 6.07) is 19.7. The molecule has 2 N–H and O–H groups in total. The lowest BCUT2D eigenvalue weighted by Crippen LogP contribution is -2.37. The van der Waals surface area contributed by atoms with E-state index >= 15 is 0 Å². The SMILES string of the molecule is Cc1cc2c(Nc3ccc(Oc4ccccc4)cc3)nc(N3CCOCC3)nc2[nH]1. The molecule has 152 valence electrons. The van der Waals surface area contributed by atoms with Crippen molar-refractivity contribution in [3.8, 4) is 11.5 Å². The van der Waals surface area contributed by atoms with E-state index < -0.39 is 0 Å². The lowest BCUT2D eigenvalue weighted by atomic mass is 10.2. The van der Waals surface area contributed by atoms with Crippen LogP contribution in [0.5, 0.6) is 11.5 Å². The largest absolute Gasteiger partial charge is 0.457 e. The Hall–Kier alpha value is -3.58. The number of hydrogen-bond acceptors (Lipinski definition) is 6. The van der Waals surface area contributed by atoms with Crippen LogP contribution in [0.1, 0.15) is 5.69 Å². The van der Waals surface area contributed by atoms with Crippen molar-refractivity contribution in [2.24, 2.45) is 0 Å². The molecule has 1 aliphatic heterocycles. The summed E-state index contributed by atoms with van der Waals surface area (Å²) in [5.74, 6) is 3.08. The first kappa shape index (κ1) is 18.4. The fraction of sp³-hybridized carbons (Fsp3) is 0.217. The second-order valence-electron chi connectivity index (χ2n) is 7.25. The molecule has 0 radical (unpaired) electrons. The Morgan fingerprint density at radius 3 is 2.47 bits per heavy atom. The third kappa shape index (κ3) is 3.92. The number of anilines is 3. The van der Waals surface area contributed by atoms with E-state index in [-0.39, 0.29) is 0 Å². The van der Waals surface area contributed by atoms with Crippen LogP contribution in [-0.4, -0.2) is 41.3 Å². The van der Waals surface area contributed by atoms with Crippen LogP contribution >= 0.6 is 0 Å². The molecule has 0 aliphatic carbocycles. The van der Waals surface area contributed by atoms with E-state index in [1.807, 2.05) is 61.5 Å². The summed E-state index contributed by atoms with van der Waals surface area (Å²) in [5, 5.41) is 4.41. The minimum atomic E-state index is 0.691. The van der Waals surface area contributed by atoms with Gasteiger partial charge in [0.1, 0.15) is 23.0 Å². The van der Waals surface area contributed by atoms with Crippen molar-refractivity contribution in [2.45, 2.75) is 6.92 Å². The van der Waals surface area contributed by atoms with Crippen molar-refractivity contribution in [1.29, 1.82) is 0 Å². The maximum absolute atomic E-state index is 5.88. The van der Waals surface area contributed by atoms with Crippen LogP contribution in [0.3, 0.4) is 0 Å². The molecule has 0 amide bonds. The summed E-state index contributed by atoms with van der Waals surface area (Å²) in [5.41, 5.74) is 2.81. The van der Waals surface area contributed by atoms with Crippen molar-refractivity contribution in [3.63, 3.8) is 0 Å². The highest BCUT2D eigenvalue weighted by Gasteiger charge is 2.17. The van der Waals surface area contributed by atoms with Crippen LogP contribution < -0.4 is 15.0 Å². The molecule has 3 heterocycles. The van der Waals surface area contributed by atoms with Gasteiger partial charge in [0.2, 0.25) is 5.95 Å². The molecule has 0 spiro atoms. The highest BCUT2D eigenvalue weighted by atomic mass is 16.5. The summed E-state index contributed by atoms with van der Waals surface area (Å²) in [6.45, 7) is 4.98. The second-order valence-corrected chi connectivity index (χ2v) is 7.25. The zero-order valence-corrected chi connectivity index (χ0v) is 16.8. The fourth-order valence-corrected chi connectivity index (χ4v) is 3.50. The molecule has 1 aliphatic rings. The molecule has 0 unspecified atom stereocenters. The lowest BCUT2D eigenvalue weighted by Gasteiger charge is -2.27. The van der Waals surface area contributed by atoms with Crippen LogP contribution in [0.15, 0.2) is 60.7 Å². The normalized spacial score (nSPS) is 14.1. The molecule has 0 saturated carbocycles. The van der Waals surface area contributed by atoms with Gasteiger partial charge in [0, 0.05) is 24.5 Å². The Morgan fingerprint density at radius 2 is 1.70 bits per heavy atom. The Labute approximate surface area is 174 Å². The number of para-hydroxylation sites is 1. The van der Waals surface area contributed by atoms with E-state index in [4.69, 9.17) is 19.4 Å². The summed E-state index contributed by atoms with van der Waals surface area (Å²) in [4.78, 5) is 15.0. The van der Waals surface area contributed by atoms with Gasteiger partial charge in [-0.25, -0.2) is 0 Å². The number of rotatable bonds is 5. The average molecular weight is 401 g/mol. The summed E-state index contributed by atoms with van der Waals surface area (Å²) >= 11 is 0. The van der Waals surface area contributed by atoms with Crippen molar-refractivity contribution >= 4 is 28.5 Å². The molecule has 1 fully saturated rings. The monoisotopic (exact) mass is 401 g/mol. The first-order valence-electron chi connectivity index (χ1n) is 10.0. The van der Waals surface area contributed by atoms with E-state index in [1.165, 1.54) is 0 Å². The third-order valence-electron chi connectivity index (χ3n) is 5.00. The molecule has 0 atom stereocenters. The number of ether oxygens (including phenoxy) is 2. The lowest BCUT2D eigenvalue weighted by molar-refractivity contribution is 0.122. The maximum Gasteiger partial charge on any atom is 0.229 e. The Bertz CT molecular complexity index is 1140. The fourth-order valence-electron chi connectivity index (χ4n) is 3.50. The molecule has 2 aromatic heterocycles. The highest BCUT2D eigenvalue weighted by molar-refractivity contribution is 5.90. The van der Waals surface area contributed by atoms with Gasteiger partial charge in [-0.05, 0) is 49.4 Å². The number of H-pyrrole nitrogens is 1. The molecule has 30 heavy (non-hydrogen) atoms. The number of morpholine rings is 1. The highest BCUT2D eigenvalue weighted by Crippen LogP contribution is 2.29. The zero-order valence-electron chi connectivity index (χ0n) is 16.8. The van der Waals surface area contributed by atoms with Crippen LogP contribution in [-0.2, 0) is 4.74 Å². The van der Waals surface area contributed by atoms with Gasteiger partial charge in [0.05, 0.1) is 18.6 Å². The Kier molecular flexibility index (Phi) is 4.94. The number of aryl methyl sites for hydroxylation is 1. The maximum atomic E-state index is 5.88. The molecular weight excluding hydrogens is 378 g/mol. The molecular formula is C23H23N5O2. The minimum Gasteiger partial charge on any atom is -0.457 e. The van der Waals surface area contributed by atoms with E-state index in [0.29, 0.717) is 19.2 Å². The van der Waals surface area contributed by atoms with Crippen LogP contribution in [0.4, 0.5) is 17.5 Å². The number of benzene rings is 2. The molecule has 4 aromatic rings. The van der Waals surface area contributed by atoms with Gasteiger partial charge in [-0.15, -0.1) is 0 Å². The average Bonchev–Trinajstić information content (AvgIpc) is 3.17. The molecule has 2 aromatic carbocycles. The van der Waals surface area contributed by atoms with Crippen LogP contribution in [0, 0.1) is 6.92 Å². The topological polar surface area (TPSA) is 75.3 Å². The van der Waals surface area contributed by atoms with Gasteiger partial charge < -0.3 is 24.7 Å². The quantitative estimate of drug-likeness (QED) is 0.507. The number of aromatic amines is 1. The molecule has 7 nitrogen and oxygen atoms in total. The van der Waals surface area contributed by atoms with E-state index in [9.17, 15) is 0 Å². The van der Waals surface area contributed by atoms with Crippen molar-refractivity contribution in [1.82, 2.24) is 15.0 Å². The molecule has 1 saturated heterocycles. The van der Waals surface area contributed by atoms with Gasteiger partial charge in [0.25, 0.3) is 0 Å². The number of nitrogens with zero attached hydrogens (tertiary/aromatic N) is 3. The molecule has 5 rings (SSSR count). The number of nitrogens with one attached hydrogen (secondary N) is 2. The van der Waals surface area contributed by atoms with Gasteiger partial charge in [-0.3, -0.25) is 0 Å². The number of hydrogen-bond donors (Lipinski definition) is 2. The zero-order chi connectivity index (χ0) is 20.3. The van der Waals surface area contributed by atoms with Crippen LogP contribution in [0.25, 0.3) is 11.0 Å². The van der Waals surface area contributed by atoms with E-state index in [2.05, 4.69) is 21.3 Å². The van der Waals surface area contributed by atoms with Crippen molar-refractivity contribution in [3.05, 3.63) is 66.4 Å². The standard InChI is InChI=1S/C23H23N5O2/c1-16-15-20-21(24-16)26-23(28-11-13-29-14-12-28)27-22(20)25-17-7-9-19(10-8-17)30-18-5-3-2-4-6-18/h2-10,15H,11-14H2,1H3,(H2,24,25,26,27). The third-order valence-corrected chi connectivity index (χ3v) is 5.00. The molecule has 0 bridgehead atoms. The van der Waals surface area contributed by atoms with Gasteiger partial charge in [0.15, 0.2) is 0 Å². The first-order chi connectivity index (χ1) is 14.7. The molecule has 7 heteroatoms. The number of fused-ring (bicyclic) bond motifs is 1. The van der Waals surface area contributed by atoms with Crippen molar-refractivity contribution in [2.75, 3.05) is 36.5 Å². The smallest absolute Gasteiger partial charge is 0.229 e. The predicted octanol–water partition coefficient (Wildman–Crippen LogP) is 4.64. The summed E-state index contributed by atoms with van der Waals surface area (Å²) in [6.07, 6.45) is 0. The minimum absolute atomic E-state index is 0.691. The Morgan fingerprint density at radius 1 is 0.967 bits per heavy atom. The summed E-state index contributed by atoms with van der Waals surface area (Å²) in [7, 11) is 0. The van der Waals surface area contributed by atoms with E-state index in [1.54, 1.807) is 0 Å². The van der Waals surface area contributed by atoms with Crippen molar-refractivity contribution < 1.29 is 9.47 Å². The van der Waals surface area contributed by atoms with Gasteiger partial charge >= 0.3 is 0 Å². The second kappa shape index (κ2) is 8.04. The van der Waals surface area contributed by atoms with Gasteiger partial charge in [-0.2, -0.15) is 9.97 Å². The summed E-state index contributed by atoms with van der Waals surface area (Å²) < 4.78 is 11.3. The van der Waals surface area contributed by atoms with E-state index in [0.717, 1.165) is 52.8 Å². The Balaban J connectivity index is 1.41. The van der Waals surface area contributed by atoms with Crippen LogP contribution in [0.2, 0.25) is 0 Å². The first-order valence-corrected chi connectivity index (χ1v) is 10.0. The predicted molar refractivity (Wildman–Crippen MR) is 118 cm³/mol. The van der Waals surface area contributed by atoms with Gasteiger partial charge in [-0.1, -0.05) is 18.2 Å².